The van der Waals surface area contributed by atoms with Gasteiger partial charge in [-0.3, -0.25) is 4.79 Å². The van der Waals surface area contributed by atoms with Crippen LogP contribution < -0.4 is 5.32 Å². The van der Waals surface area contributed by atoms with Crippen LogP contribution in [0.5, 0.6) is 0 Å². The van der Waals surface area contributed by atoms with Crippen molar-refractivity contribution < 1.29 is 4.79 Å². The van der Waals surface area contributed by atoms with Gasteiger partial charge in [0.15, 0.2) is 0 Å². The number of benzene rings is 1. The summed E-state index contributed by atoms with van der Waals surface area (Å²) in [7, 11) is 0. The number of carbonyl (C=O) groups is 1. The van der Waals surface area contributed by atoms with Crippen molar-refractivity contribution in [2.45, 2.75) is 44.3 Å². The van der Waals surface area contributed by atoms with Crippen LogP contribution in [0.4, 0.5) is 0 Å². The molecule has 0 spiro atoms. The van der Waals surface area contributed by atoms with E-state index in [1.54, 1.807) is 11.8 Å². The van der Waals surface area contributed by atoms with E-state index in [4.69, 9.17) is 0 Å². The highest BCUT2D eigenvalue weighted by molar-refractivity contribution is 8.00. The first-order chi connectivity index (χ1) is 8.49. The van der Waals surface area contributed by atoms with Gasteiger partial charge >= 0.3 is 0 Å². The number of hydrogen-bond acceptors (Lipinski definition) is 2. The van der Waals surface area contributed by atoms with E-state index in [0.717, 1.165) is 17.9 Å². The first-order valence-corrected chi connectivity index (χ1v) is 7.38. The van der Waals surface area contributed by atoms with Crippen molar-refractivity contribution in [3.63, 3.8) is 0 Å². The average Bonchev–Trinajstić information content (AvgIpc) is 2.31. The van der Waals surface area contributed by atoms with Gasteiger partial charge in [0.05, 0.1) is 5.25 Å². The molecule has 0 aliphatic heterocycles. The van der Waals surface area contributed by atoms with Crippen LogP contribution in [0, 0.1) is 12.8 Å². The molecule has 0 bridgehead atoms. The summed E-state index contributed by atoms with van der Waals surface area (Å²) in [5.74, 6) is 0.756. The van der Waals surface area contributed by atoms with Crippen LogP contribution in [0.3, 0.4) is 0 Å². The Morgan fingerprint density at radius 1 is 1.22 bits per heavy atom. The third kappa shape index (κ3) is 5.58. The standard InChI is InChI=1S/C15H23NOS/c1-11(2)9-10-16-15(17)13(4)18-14-7-5-12(3)6-8-14/h5-8,11,13H,9-10H2,1-4H3,(H,16,17)/t13-/m1/s1. The Hall–Kier alpha value is -0.960. The largest absolute Gasteiger partial charge is 0.355 e. The molecule has 1 aromatic carbocycles. The molecule has 3 heteroatoms. The zero-order valence-electron chi connectivity index (χ0n) is 11.7. The number of thioether (sulfide) groups is 1. The Morgan fingerprint density at radius 2 is 1.83 bits per heavy atom. The fraction of sp³-hybridized carbons (Fsp3) is 0.533. The predicted octanol–water partition coefficient (Wildman–Crippen LogP) is 3.64. The van der Waals surface area contributed by atoms with Gasteiger partial charge in [-0.05, 0) is 38.3 Å². The number of amides is 1. The fourth-order valence-corrected chi connectivity index (χ4v) is 2.39. The first-order valence-electron chi connectivity index (χ1n) is 6.50. The van der Waals surface area contributed by atoms with Gasteiger partial charge in [0.25, 0.3) is 0 Å². The second-order valence-corrected chi connectivity index (χ2v) is 6.46. The van der Waals surface area contributed by atoms with Crippen LogP contribution in [0.25, 0.3) is 0 Å². The molecule has 0 aromatic heterocycles. The van der Waals surface area contributed by atoms with Crippen molar-refractivity contribution in [1.29, 1.82) is 0 Å². The van der Waals surface area contributed by atoms with Crippen LogP contribution in [0.15, 0.2) is 29.2 Å². The lowest BCUT2D eigenvalue weighted by Crippen LogP contribution is -2.32. The third-order valence-electron chi connectivity index (χ3n) is 2.72. The van der Waals surface area contributed by atoms with Crippen molar-refractivity contribution >= 4 is 17.7 Å². The molecule has 0 saturated carbocycles. The number of aryl methyl sites for hydroxylation is 1. The summed E-state index contributed by atoms with van der Waals surface area (Å²) in [6.07, 6.45) is 1.04. The van der Waals surface area contributed by atoms with Gasteiger partial charge in [-0.25, -0.2) is 0 Å². The van der Waals surface area contributed by atoms with Crippen molar-refractivity contribution in [3.8, 4) is 0 Å². The lowest BCUT2D eigenvalue weighted by Gasteiger charge is -2.12. The molecule has 1 N–H and O–H groups in total. The quantitative estimate of drug-likeness (QED) is 0.796. The molecule has 0 heterocycles. The molecule has 2 nitrogen and oxygen atoms in total. The second-order valence-electron chi connectivity index (χ2n) is 5.05. The highest BCUT2D eigenvalue weighted by atomic mass is 32.2. The summed E-state index contributed by atoms with van der Waals surface area (Å²) >= 11 is 1.61. The molecular formula is C15H23NOS. The molecule has 0 radical (unpaired) electrons. The molecule has 0 saturated heterocycles. The molecule has 1 aromatic rings. The molecule has 100 valence electrons. The van der Waals surface area contributed by atoms with Gasteiger partial charge in [-0.1, -0.05) is 31.5 Å². The summed E-state index contributed by atoms with van der Waals surface area (Å²) < 4.78 is 0. The number of nitrogens with one attached hydrogen (secondary N) is 1. The van der Waals surface area contributed by atoms with E-state index < -0.39 is 0 Å². The molecule has 0 unspecified atom stereocenters. The number of carbonyl (C=O) groups excluding carboxylic acids is 1. The lowest BCUT2D eigenvalue weighted by molar-refractivity contribution is -0.120. The van der Waals surface area contributed by atoms with Gasteiger partial charge in [0.2, 0.25) is 5.91 Å². The molecule has 1 amide bonds. The highest BCUT2D eigenvalue weighted by Gasteiger charge is 2.13. The highest BCUT2D eigenvalue weighted by Crippen LogP contribution is 2.23. The summed E-state index contributed by atoms with van der Waals surface area (Å²) in [6.45, 7) is 9.12. The molecule has 0 aliphatic carbocycles. The summed E-state index contributed by atoms with van der Waals surface area (Å²) in [4.78, 5) is 13.0. The van der Waals surface area contributed by atoms with E-state index in [-0.39, 0.29) is 11.2 Å². The van der Waals surface area contributed by atoms with E-state index in [9.17, 15) is 4.79 Å². The zero-order chi connectivity index (χ0) is 13.5. The molecule has 1 rings (SSSR count). The maximum absolute atomic E-state index is 11.9. The van der Waals surface area contributed by atoms with Crippen LogP contribution in [-0.2, 0) is 4.79 Å². The van der Waals surface area contributed by atoms with Gasteiger partial charge in [0.1, 0.15) is 0 Å². The van der Waals surface area contributed by atoms with Crippen LogP contribution in [-0.4, -0.2) is 17.7 Å². The lowest BCUT2D eigenvalue weighted by atomic mass is 10.1. The summed E-state index contributed by atoms with van der Waals surface area (Å²) in [6, 6.07) is 8.28. The average molecular weight is 265 g/mol. The van der Waals surface area contributed by atoms with E-state index >= 15 is 0 Å². The minimum atomic E-state index is -0.0418. The van der Waals surface area contributed by atoms with Gasteiger partial charge in [-0.2, -0.15) is 0 Å². The van der Waals surface area contributed by atoms with E-state index in [0.29, 0.717) is 5.92 Å². The van der Waals surface area contributed by atoms with E-state index in [2.05, 4.69) is 50.4 Å². The zero-order valence-corrected chi connectivity index (χ0v) is 12.5. The number of rotatable bonds is 6. The summed E-state index contributed by atoms with van der Waals surface area (Å²) in [5, 5.41) is 2.94. The molecule has 0 aliphatic rings. The van der Waals surface area contributed by atoms with Crippen LogP contribution >= 0.6 is 11.8 Å². The Balaban J connectivity index is 2.37. The SMILES string of the molecule is Cc1ccc(S[C@H](C)C(=O)NCCC(C)C)cc1. The number of hydrogen-bond donors (Lipinski definition) is 1. The predicted molar refractivity (Wildman–Crippen MR) is 79.0 cm³/mol. The Bertz CT molecular complexity index is 373. The summed E-state index contributed by atoms with van der Waals surface area (Å²) in [5.41, 5.74) is 1.24. The van der Waals surface area contributed by atoms with Gasteiger partial charge < -0.3 is 5.32 Å². The Morgan fingerprint density at radius 3 is 2.39 bits per heavy atom. The van der Waals surface area contributed by atoms with Crippen LogP contribution in [0.1, 0.15) is 32.8 Å². The fourth-order valence-electron chi connectivity index (χ4n) is 1.50. The molecule has 0 fully saturated rings. The van der Waals surface area contributed by atoms with Crippen LogP contribution in [0.2, 0.25) is 0 Å². The Labute approximate surface area is 115 Å². The van der Waals surface area contributed by atoms with Crippen molar-refractivity contribution in [1.82, 2.24) is 5.32 Å². The normalized spacial score (nSPS) is 12.5. The van der Waals surface area contributed by atoms with Crippen molar-refractivity contribution in [2.24, 2.45) is 5.92 Å². The van der Waals surface area contributed by atoms with E-state index in [1.165, 1.54) is 5.56 Å². The van der Waals surface area contributed by atoms with Crippen molar-refractivity contribution in [2.75, 3.05) is 6.54 Å². The minimum Gasteiger partial charge on any atom is -0.355 e. The smallest absolute Gasteiger partial charge is 0.233 e. The Kier molecular flexibility index (Phi) is 6.27. The van der Waals surface area contributed by atoms with Gasteiger partial charge in [0, 0.05) is 11.4 Å². The maximum atomic E-state index is 11.9. The minimum absolute atomic E-state index is 0.0418. The van der Waals surface area contributed by atoms with E-state index in [1.807, 2.05) is 6.92 Å². The third-order valence-corrected chi connectivity index (χ3v) is 3.84. The maximum Gasteiger partial charge on any atom is 0.233 e. The van der Waals surface area contributed by atoms with Gasteiger partial charge in [-0.15, -0.1) is 11.8 Å². The monoisotopic (exact) mass is 265 g/mol. The second kappa shape index (κ2) is 7.47. The first kappa shape index (κ1) is 15.1. The van der Waals surface area contributed by atoms with Crippen molar-refractivity contribution in [3.05, 3.63) is 29.8 Å². The molecular weight excluding hydrogens is 242 g/mol. The molecule has 1 atom stereocenters. The topological polar surface area (TPSA) is 29.1 Å². The molecule has 18 heavy (non-hydrogen) atoms.